The second kappa shape index (κ2) is 15.0. The summed E-state index contributed by atoms with van der Waals surface area (Å²) in [5.41, 5.74) is 7.57. The van der Waals surface area contributed by atoms with Crippen LogP contribution in [0.1, 0.15) is 40.7 Å². The fourth-order valence-electron chi connectivity index (χ4n) is 4.90. The van der Waals surface area contributed by atoms with Crippen molar-refractivity contribution in [3.63, 3.8) is 0 Å². The van der Waals surface area contributed by atoms with E-state index in [9.17, 15) is 14.4 Å². The topological polar surface area (TPSA) is 103 Å². The van der Waals surface area contributed by atoms with Crippen molar-refractivity contribution in [3.05, 3.63) is 125 Å². The van der Waals surface area contributed by atoms with E-state index in [4.69, 9.17) is 14.2 Å². The Morgan fingerprint density at radius 1 is 0.818 bits per heavy atom. The molecule has 228 valence electrons. The maximum absolute atomic E-state index is 13.0. The average Bonchev–Trinajstić information content (AvgIpc) is 3.38. The number of benzene rings is 4. The van der Waals surface area contributed by atoms with Gasteiger partial charge in [-0.3, -0.25) is 0 Å². The number of halogens is 1. The van der Waals surface area contributed by atoms with Crippen molar-refractivity contribution in [3.8, 4) is 16.9 Å². The van der Waals surface area contributed by atoms with E-state index in [0.29, 0.717) is 18.6 Å². The Bertz CT molecular complexity index is 1550. The molecule has 0 saturated heterocycles. The molecule has 9 heteroatoms. The Morgan fingerprint density at radius 3 is 2.05 bits per heavy atom. The molecule has 8 nitrogen and oxygen atoms in total. The number of rotatable bonds is 13. The van der Waals surface area contributed by atoms with Gasteiger partial charge in [0.2, 0.25) is 0 Å². The van der Waals surface area contributed by atoms with Crippen LogP contribution in [0.5, 0.6) is 5.75 Å². The molecule has 4 aromatic carbocycles. The van der Waals surface area contributed by atoms with Crippen molar-refractivity contribution in [2.45, 2.75) is 43.1 Å². The molecule has 5 rings (SSSR count). The molecule has 4 aromatic rings. The zero-order valence-corrected chi connectivity index (χ0v) is 26.7. The molecule has 1 aliphatic carbocycles. The third-order valence-electron chi connectivity index (χ3n) is 7.24. The van der Waals surface area contributed by atoms with E-state index >= 15 is 0 Å². The first-order valence-corrected chi connectivity index (χ1v) is 16.6. The summed E-state index contributed by atoms with van der Waals surface area (Å²) in [4.78, 5) is 37.0. The second-order valence-corrected chi connectivity index (χ2v) is 12.9. The molecular weight excluding hydrogens is 671 g/mol. The molecule has 0 aliphatic heterocycles. The van der Waals surface area contributed by atoms with Crippen LogP contribution in [0, 0.1) is 6.92 Å². The van der Waals surface area contributed by atoms with Gasteiger partial charge >= 0.3 is 244 Å². The Hall–Kier alpha value is -4.22. The van der Waals surface area contributed by atoms with Crippen molar-refractivity contribution >= 4 is 18.3 Å². The van der Waals surface area contributed by atoms with Crippen molar-refractivity contribution < 1.29 is 50.1 Å². The normalized spacial score (nSPS) is 13.3. The van der Waals surface area contributed by atoms with Crippen LogP contribution >= 0.6 is 0 Å². The van der Waals surface area contributed by atoms with Gasteiger partial charge in [0.1, 0.15) is 0 Å². The van der Waals surface area contributed by atoms with E-state index < -0.39 is 43.6 Å². The van der Waals surface area contributed by atoms with Gasteiger partial charge < -0.3 is 0 Å². The first kappa shape index (κ1) is 31.2. The number of hydrogen-bond donors (Lipinski definition) is 2. The van der Waals surface area contributed by atoms with Crippen LogP contribution in [0.4, 0.5) is 4.79 Å². The second-order valence-electron chi connectivity index (χ2n) is 10.5. The summed E-state index contributed by atoms with van der Waals surface area (Å²) in [5, 5.41) is 2.94. The van der Waals surface area contributed by atoms with Gasteiger partial charge in [-0.1, -0.05) is 17.7 Å². The van der Waals surface area contributed by atoms with Crippen LogP contribution in [-0.2, 0) is 32.3 Å². The van der Waals surface area contributed by atoms with Crippen molar-refractivity contribution in [1.82, 2.24) is 8.85 Å². The van der Waals surface area contributed by atoms with E-state index in [0.717, 1.165) is 33.4 Å². The first-order chi connectivity index (χ1) is 21.4. The third-order valence-corrected chi connectivity index (χ3v) is 9.48. The molecule has 0 spiro atoms. The maximum atomic E-state index is 13.0. The van der Waals surface area contributed by atoms with E-state index in [1.165, 1.54) is 5.56 Å². The standard InChI is InChI=1S/C35H34IN2O6/c1-23-11-13-25(14-12-23)20-42-27-17-15-26(16-18-27)21-43-34(40)33(37-24(2)19-39)36-38-35(41)44-22-32-30-9-5-3-7-28(30)29-8-4-6-10-31(29)32/h3-19,24,32-33,37H,20-22H2,1-2H3,(H,38,41)/q-1/t24-,33-/m0/s1. The molecule has 0 saturated carbocycles. The van der Waals surface area contributed by atoms with Crippen molar-refractivity contribution in [2.24, 2.45) is 0 Å². The predicted molar refractivity (Wildman–Crippen MR) is 162 cm³/mol. The van der Waals surface area contributed by atoms with Crippen LogP contribution in [0.15, 0.2) is 97.1 Å². The smallest absolute Gasteiger partial charge is 0.0589 e. The minimum atomic E-state index is -1.30. The molecule has 44 heavy (non-hydrogen) atoms. The SMILES string of the molecule is Cc1ccc(COc2ccc(COC(=O)[C@H](N[C@@H](C)C=O)[I-]NC(=O)OCC3c4ccccc4-c4ccccc43)cc2)cc1. The molecule has 0 unspecified atom stereocenters. The summed E-state index contributed by atoms with van der Waals surface area (Å²) < 4.78 is 18.9. The van der Waals surface area contributed by atoms with E-state index in [1.54, 1.807) is 6.92 Å². The van der Waals surface area contributed by atoms with Gasteiger partial charge in [-0.15, -0.1) is 0 Å². The number of amides is 1. The Labute approximate surface area is 267 Å². The van der Waals surface area contributed by atoms with Gasteiger partial charge in [-0.2, -0.15) is 0 Å². The zero-order chi connectivity index (χ0) is 30.9. The van der Waals surface area contributed by atoms with E-state index in [1.807, 2.05) is 79.7 Å². The molecule has 0 radical (unpaired) electrons. The van der Waals surface area contributed by atoms with Crippen molar-refractivity contribution in [2.75, 3.05) is 6.61 Å². The summed E-state index contributed by atoms with van der Waals surface area (Å²) in [6.45, 7) is 4.35. The fraction of sp³-hybridized carbons (Fsp3) is 0.229. The first-order valence-electron chi connectivity index (χ1n) is 14.3. The van der Waals surface area contributed by atoms with Gasteiger partial charge in [0, 0.05) is 0 Å². The monoisotopic (exact) mass is 705 g/mol. The third kappa shape index (κ3) is 8.03. The molecule has 0 bridgehead atoms. The number of ether oxygens (including phenoxy) is 3. The fourth-order valence-corrected chi connectivity index (χ4v) is 6.80. The van der Waals surface area contributed by atoms with Gasteiger partial charge in [-0.25, -0.2) is 0 Å². The number of carbonyl (C=O) groups excluding carboxylic acids is 3. The number of aryl methyl sites for hydroxylation is 1. The number of aldehydes is 1. The molecule has 0 heterocycles. The number of esters is 1. The van der Waals surface area contributed by atoms with Crippen LogP contribution in [-0.4, -0.2) is 35.0 Å². The molecule has 0 aromatic heterocycles. The van der Waals surface area contributed by atoms with E-state index in [2.05, 4.69) is 33.1 Å². The minimum Gasteiger partial charge on any atom is -0.0589 e. The van der Waals surface area contributed by atoms with E-state index in [-0.39, 0.29) is 19.1 Å². The Kier molecular flexibility index (Phi) is 10.6. The Balaban J connectivity index is 1.11. The average molecular weight is 706 g/mol. The Morgan fingerprint density at radius 2 is 1.41 bits per heavy atom. The van der Waals surface area contributed by atoms with Gasteiger partial charge in [0.05, 0.1) is 0 Å². The summed E-state index contributed by atoms with van der Waals surface area (Å²) in [5.74, 6) is 0.0861. The molecule has 2 atom stereocenters. The summed E-state index contributed by atoms with van der Waals surface area (Å²) >= 11 is -1.30. The number of hydrogen-bond acceptors (Lipinski definition) is 7. The summed E-state index contributed by atoms with van der Waals surface area (Å²) in [7, 11) is 0. The van der Waals surface area contributed by atoms with Gasteiger partial charge in [-0.05, 0) is 6.92 Å². The number of fused-ring (bicyclic) bond motifs is 3. The summed E-state index contributed by atoms with van der Waals surface area (Å²) in [6.07, 6.45) is 0.0892. The molecule has 1 amide bonds. The van der Waals surface area contributed by atoms with Crippen LogP contribution in [0.2, 0.25) is 0 Å². The molecule has 0 fully saturated rings. The molecule has 1 aliphatic rings. The number of alkyl halides is 1. The van der Waals surface area contributed by atoms with Crippen molar-refractivity contribution in [1.29, 1.82) is 0 Å². The minimum absolute atomic E-state index is 0.0411. The number of nitrogens with one attached hydrogen (secondary N) is 2. The number of carbonyl (C=O) groups is 3. The van der Waals surface area contributed by atoms with Crippen LogP contribution in [0.3, 0.4) is 0 Å². The molecule has 2 N–H and O–H groups in total. The van der Waals surface area contributed by atoms with Gasteiger partial charge in [0.15, 0.2) is 0 Å². The van der Waals surface area contributed by atoms with Crippen LogP contribution in [0.25, 0.3) is 11.1 Å². The zero-order valence-electron chi connectivity index (χ0n) is 24.5. The molecular formula is C35H34IN2O6-. The van der Waals surface area contributed by atoms with Gasteiger partial charge in [0.25, 0.3) is 0 Å². The summed E-state index contributed by atoms with van der Waals surface area (Å²) in [6, 6.07) is 31.1. The quantitative estimate of drug-likeness (QED) is 0.0551. The van der Waals surface area contributed by atoms with Crippen LogP contribution < -0.4 is 35.1 Å². The predicted octanol–water partition coefficient (Wildman–Crippen LogP) is 2.66.